The minimum absolute atomic E-state index is 0.180. The summed E-state index contributed by atoms with van der Waals surface area (Å²) in [5, 5.41) is 0. The Bertz CT molecular complexity index is 384. The van der Waals surface area contributed by atoms with Gasteiger partial charge in [0.25, 0.3) is 0 Å². The highest BCUT2D eigenvalue weighted by molar-refractivity contribution is 9.10. The summed E-state index contributed by atoms with van der Waals surface area (Å²) in [4.78, 5) is 2.52. The predicted octanol–water partition coefficient (Wildman–Crippen LogP) is 4.35. The molecule has 2 rings (SSSR count). The predicted molar refractivity (Wildman–Crippen MR) is 72.4 cm³/mol. The first kappa shape index (κ1) is 13.0. The summed E-state index contributed by atoms with van der Waals surface area (Å²) < 4.78 is 13.9. The van der Waals surface area contributed by atoms with Crippen LogP contribution in [0.1, 0.15) is 38.7 Å². The molecule has 0 bridgehead atoms. The van der Waals surface area contributed by atoms with Crippen LogP contribution in [-0.2, 0) is 6.54 Å². The number of benzene rings is 1. The number of nitrogens with zero attached hydrogens (tertiary/aromatic N) is 1. The molecular weight excluding hydrogens is 281 g/mol. The number of halogens is 2. The molecule has 94 valence electrons. The van der Waals surface area contributed by atoms with Gasteiger partial charge in [-0.3, -0.25) is 4.90 Å². The van der Waals surface area contributed by atoms with E-state index >= 15 is 0 Å². The third-order valence-electron chi connectivity index (χ3n) is 3.74. The minimum atomic E-state index is -0.180. The molecule has 0 saturated carbocycles. The molecule has 1 nitrogen and oxygen atoms in total. The number of hydrogen-bond acceptors (Lipinski definition) is 1. The number of hydrogen-bond donors (Lipinski definition) is 0. The lowest BCUT2D eigenvalue weighted by Crippen LogP contribution is -2.43. The smallest absolute Gasteiger partial charge is 0.124 e. The summed E-state index contributed by atoms with van der Waals surface area (Å²) in [6, 6.07) is 6.22. The zero-order chi connectivity index (χ0) is 12.4. The first-order valence-electron chi connectivity index (χ1n) is 6.27. The molecule has 2 unspecified atom stereocenters. The van der Waals surface area contributed by atoms with Crippen LogP contribution in [0.2, 0.25) is 0 Å². The third-order valence-corrected chi connectivity index (χ3v) is 4.48. The summed E-state index contributed by atoms with van der Waals surface area (Å²) in [5.41, 5.74) is 1.17. The summed E-state index contributed by atoms with van der Waals surface area (Å²) in [6.45, 7) is 5.48. The highest BCUT2D eigenvalue weighted by Gasteiger charge is 2.24. The average Bonchev–Trinajstić information content (AvgIpc) is 2.26. The Morgan fingerprint density at radius 2 is 1.94 bits per heavy atom. The molecule has 0 aliphatic carbocycles. The maximum atomic E-state index is 13.0. The van der Waals surface area contributed by atoms with E-state index in [4.69, 9.17) is 0 Å². The van der Waals surface area contributed by atoms with Crippen molar-refractivity contribution in [2.75, 3.05) is 0 Å². The molecule has 0 amide bonds. The van der Waals surface area contributed by atoms with Crippen LogP contribution in [0, 0.1) is 5.82 Å². The van der Waals surface area contributed by atoms with Crippen molar-refractivity contribution in [3.8, 4) is 0 Å². The van der Waals surface area contributed by atoms with Crippen LogP contribution < -0.4 is 0 Å². The van der Waals surface area contributed by atoms with Crippen molar-refractivity contribution < 1.29 is 4.39 Å². The zero-order valence-electron chi connectivity index (χ0n) is 10.4. The lowest BCUT2D eigenvalue weighted by molar-refractivity contribution is 0.0950. The van der Waals surface area contributed by atoms with Crippen molar-refractivity contribution in [2.45, 2.75) is 51.7 Å². The van der Waals surface area contributed by atoms with Gasteiger partial charge in [-0.05, 0) is 44.4 Å². The van der Waals surface area contributed by atoms with E-state index in [1.807, 2.05) is 6.07 Å². The number of likely N-dealkylation sites (tertiary alicyclic amines) is 1. The van der Waals surface area contributed by atoms with Gasteiger partial charge in [0.1, 0.15) is 5.82 Å². The molecule has 1 heterocycles. The Hall–Kier alpha value is -0.410. The first-order chi connectivity index (χ1) is 8.08. The fourth-order valence-electron chi connectivity index (χ4n) is 2.63. The maximum Gasteiger partial charge on any atom is 0.124 e. The van der Waals surface area contributed by atoms with Crippen molar-refractivity contribution >= 4 is 15.9 Å². The molecule has 0 spiro atoms. The summed E-state index contributed by atoms with van der Waals surface area (Å²) in [5.74, 6) is -0.180. The fraction of sp³-hybridized carbons (Fsp3) is 0.571. The average molecular weight is 300 g/mol. The highest BCUT2D eigenvalue weighted by atomic mass is 79.9. The lowest BCUT2D eigenvalue weighted by atomic mass is 9.97. The van der Waals surface area contributed by atoms with E-state index in [2.05, 4.69) is 34.7 Å². The van der Waals surface area contributed by atoms with Crippen LogP contribution >= 0.6 is 15.9 Å². The Balaban J connectivity index is 2.13. The molecule has 0 radical (unpaired) electrons. The largest absolute Gasteiger partial charge is 0.294 e. The second-order valence-electron chi connectivity index (χ2n) is 5.04. The van der Waals surface area contributed by atoms with Crippen LogP contribution in [0.15, 0.2) is 22.7 Å². The van der Waals surface area contributed by atoms with Gasteiger partial charge in [-0.15, -0.1) is 0 Å². The third kappa shape index (κ3) is 3.08. The van der Waals surface area contributed by atoms with Gasteiger partial charge in [0.05, 0.1) is 0 Å². The molecule has 2 atom stereocenters. The molecule has 17 heavy (non-hydrogen) atoms. The molecule has 1 aromatic rings. The van der Waals surface area contributed by atoms with Crippen molar-refractivity contribution in [3.05, 3.63) is 34.1 Å². The highest BCUT2D eigenvalue weighted by Crippen LogP contribution is 2.27. The van der Waals surface area contributed by atoms with Gasteiger partial charge in [0, 0.05) is 23.1 Å². The Morgan fingerprint density at radius 3 is 2.53 bits per heavy atom. The number of rotatable bonds is 2. The maximum absolute atomic E-state index is 13.0. The minimum Gasteiger partial charge on any atom is -0.294 e. The van der Waals surface area contributed by atoms with E-state index in [0.29, 0.717) is 12.1 Å². The Morgan fingerprint density at radius 1 is 1.29 bits per heavy atom. The van der Waals surface area contributed by atoms with Crippen LogP contribution in [0.5, 0.6) is 0 Å². The van der Waals surface area contributed by atoms with Gasteiger partial charge in [0.15, 0.2) is 0 Å². The zero-order valence-corrected chi connectivity index (χ0v) is 12.0. The van der Waals surface area contributed by atoms with E-state index in [1.54, 1.807) is 12.1 Å². The molecular formula is C14H19BrFN. The second kappa shape index (κ2) is 5.49. The van der Waals surface area contributed by atoms with Gasteiger partial charge >= 0.3 is 0 Å². The van der Waals surface area contributed by atoms with Gasteiger partial charge < -0.3 is 0 Å². The summed E-state index contributed by atoms with van der Waals surface area (Å²) >= 11 is 3.45. The normalized spacial score (nSPS) is 26.1. The second-order valence-corrected chi connectivity index (χ2v) is 5.89. The van der Waals surface area contributed by atoms with Gasteiger partial charge in [-0.25, -0.2) is 4.39 Å². The molecule has 1 fully saturated rings. The van der Waals surface area contributed by atoms with Gasteiger partial charge in [0.2, 0.25) is 0 Å². The molecule has 1 saturated heterocycles. The van der Waals surface area contributed by atoms with Crippen LogP contribution in [0.4, 0.5) is 4.39 Å². The Labute approximate surface area is 111 Å². The molecule has 0 N–H and O–H groups in total. The van der Waals surface area contributed by atoms with Crippen molar-refractivity contribution in [1.82, 2.24) is 4.90 Å². The van der Waals surface area contributed by atoms with Crippen molar-refractivity contribution in [1.29, 1.82) is 0 Å². The monoisotopic (exact) mass is 299 g/mol. The number of piperidine rings is 1. The quantitative estimate of drug-likeness (QED) is 0.785. The van der Waals surface area contributed by atoms with Crippen molar-refractivity contribution in [2.24, 2.45) is 0 Å². The topological polar surface area (TPSA) is 3.24 Å². The summed E-state index contributed by atoms with van der Waals surface area (Å²) in [7, 11) is 0. The van der Waals surface area contributed by atoms with E-state index in [1.165, 1.54) is 24.8 Å². The van der Waals surface area contributed by atoms with Gasteiger partial charge in [-0.1, -0.05) is 28.4 Å². The molecule has 1 aliphatic rings. The van der Waals surface area contributed by atoms with Crippen LogP contribution in [0.25, 0.3) is 0 Å². The van der Waals surface area contributed by atoms with E-state index in [9.17, 15) is 4.39 Å². The SMILES string of the molecule is CC1CCCC(C)N1Cc1ccc(F)cc1Br. The van der Waals surface area contributed by atoms with Gasteiger partial charge in [-0.2, -0.15) is 0 Å². The molecule has 0 aromatic heterocycles. The van der Waals surface area contributed by atoms with E-state index in [0.717, 1.165) is 11.0 Å². The van der Waals surface area contributed by atoms with Crippen LogP contribution in [-0.4, -0.2) is 17.0 Å². The Kier molecular flexibility index (Phi) is 4.21. The standard InChI is InChI=1S/C14H19BrFN/c1-10-4-3-5-11(2)17(10)9-12-6-7-13(16)8-14(12)15/h6-8,10-11H,3-5,9H2,1-2H3. The lowest BCUT2D eigenvalue weighted by Gasteiger charge is -2.39. The van der Waals surface area contributed by atoms with E-state index < -0.39 is 0 Å². The summed E-state index contributed by atoms with van der Waals surface area (Å²) in [6.07, 6.45) is 3.86. The van der Waals surface area contributed by atoms with Crippen LogP contribution in [0.3, 0.4) is 0 Å². The van der Waals surface area contributed by atoms with E-state index in [-0.39, 0.29) is 5.82 Å². The molecule has 3 heteroatoms. The fourth-order valence-corrected chi connectivity index (χ4v) is 3.11. The first-order valence-corrected chi connectivity index (χ1v) is 7.07. The molecule has 1 aromatic carbocycles. The van der Waals surface area contributed by atoms with Crippen molar-refractivity contribution in [3.63, 3.8) is 0 Å². The molecule has 1 aliphatic heterocycles.